The Morgan fingerprint density at radius 2 is 1.13 bits per heavy atom. The molecule has 0 aliphatic heterocycles. The fourth-order valence-electron chi connectivity index (χ4n) is 5.45. The van der Waals surface area contributed by atoms with E-state index in [2.05, 4.69) is 97.1 Å². The van der Waals surface area contributed by atoms with Gasteiger partial charge in [-0.25, -0.2) is 15.0 Å². The zero-order chi connectivity index (χ0) is 25.8. The largest absolute Gasteiger partial charge is 0.208 e. The maximum Gasteiger partial charge on any atom is 0.164 e. The third-order valence-electron chi connectivity index (χ3n) is 7.32. The highest BCUT2D eigenvalue weighted by Gasteiger charge is 2.16. The topological polar surface area (TPSA) is 38.7 Å². The SMILES string of the molecule is c1ccc(-c2nc(-c3ccc4ccccc4c3)nc(-c3cccc4c3ccc3sc5ccccc5c34)n2)cc1. The van der Waals surface area contributed by atoms with Gasteiger partial charge in [0.15, 0.2) is 17.5 Å². The highest BCUT2D eigenvalue weighted by Crippen LogP contribution is 2.40. The zero-order valence-electron chi connectivity index (χ0n) is 20.9. The summed E-state index contributed by atoms with van der Waals surface area (Å²) in [6.07, 6.45) is 0. The van der Waals surface area contributed by atoms with Gasteiger partial charge < -0.3 is 0 Å². The highest BCUT2D eigenvalue weighted by molar-refractivity contribution is 7.26. The van der Waals surface area contributed by atoms with Crippen molar-refractivity contribution in [2.24, 2.45) is 0 Å². The van der Waals surface area contributed by atoms with Gasteiger partial charge in [-0.05, 0) is 39.7 Å². The fourth-order valence-corrected chi connectivity index (χ4v) is 6.57. The minimum absolute atomic E-state index is 0.669. The van der Waals surface area contributed by atoms with E-state index in [1.807, 2.05) is 41.7 Å². The lowest BCUT2D eigenvalue weighted by Gasteiger charge is -2.11. The second-order valence-electron chi connectivity index (χ2n) is 9.67. The van der Waals surface area contributed by atoms with Crippen LogP contribution in [0, 0.1) is 0 Å². The number of fused-ring (bicyclic) bond motifs is 6. The van der Waals surface area contributed by atoms with Gasteiger partial charge in [-0.3, -0.25) is 0 Å². The van der Waals surface area contributed by atoms with E-state index in [-0.39, 0.29) is 0 Å². The summed E-state index contributed by atoms with van der Waals surface area (Å²) in [6, 6.07) is 44.4. The van der Waals surface area contributed by atoms with Gasteiger partial charge in [-0.2, -0.15) is 0 Å². The molecule has 0 aliphatic rings. The first-order valence-electron chi connectivity index (χ1n) is 13.0. The average molecular weight is 516 g/mol. The maximum absolute atomic E-state index is 5.07. The van der Waals surface area contributed by atoms with E-state index in [0.717, 1.165) is 27.5 Å². The van der Waals surface area contributed by atoms with Crippen LogP contribution >= 0.6 is 11.3 Å². The molecule has 4 heteroatoms. The molecule has 0 aliphatic carbocycles. The molecule has 39 heavy (non-hydrogen) atoms. The Bertz CT molecular complexity index is 2180. The molecular formula is C35H21N3S. The number of hydrogen-bond acceptors (Lipinski definition) is 4. The quantitative estimate of drug-likeness (QED) is 0.235. The molecule has 0 spiro atoms. The van der Waals surface area contributed by atoms with E-state index in [1.165, 1.54) is 30.9 Å². The lowest BCUT2D eigenvalue weighted by atomic mass is 9.99. The van der Waals surface area contributed by atoms with Crippen molar-refractivity contribution in [2.45, 2.75) is 0 Å². The van der Waals surface area contributed by atoms with Gasteiger partial charge in [0.1, 0.15) is 0 Å². The van der Waals surface area contributed by atoms with Crippen LogP contribution < -0.4 is 0 Å². The molecule has 8 rings (SSSR count). The minimum atomic E-state index is 0.669. The second kappa shape index (κ2) is 8.83. The molecule has 0 amide bonds. The van der Waals surface area contributed by atoms with Gasteiger partial charge in [-0.1, -0.05) is 109 Å². The minimum Gasteiger partial charge on any atom is -0.208 e. The molecule has 182 valence electrons. The Labute approximate surface area is 229 Å². The summed E-state index contributed by atoms with van der Waals surface area (Å²) in [5.41, 5.74) is 2.95. The van der Waals surface area contributed by atoms with Gasteiger partial charge in [0, 0.05) is 36.9 Å². The first-order chi connectivity index (χ1) is 19.3. The summed E-state index contributed by atoms with van der Waals surface area (Å²) in [5, 5.41) is 7.30. The monoisotopic (exact) mass is 515 g/mol. The van der Waals surface area contributed by atoms with Crippen LogP contribution in [0.25, 0.3) is 75.9 Å². The molecule has 3 nitrogen and oxygen atoms in total. The van der Waals surface area contributed by atoms with Gasteiger partial charge in [0.25, 0.3) is 0 Å². The van der Waals surface area contributed by atoms with E-state index >= 15 is 0 Å². The molecule has 8 aromatic rings. The molecule has 0 radical (unpaired) electrons. The van der Waals surface area contributed by atoms with Crippen LogP contribution in [0.5, 0.6) is 0 Å². The zero-order valence-corrected chi connectivity index (χ0v) is 21.7. The molecule has 0 unspecified atom stereocenters. The molecule has 0 fully saturated rings. The summed E-state index contributed by atoms with van der Waals surface area (Å²) in [5.74, 6) is 2.02. The predicted octanol–water partition coefficient (Wildman–Crippen LogP) is 9.55. The van der Waals surface area contributed by atoms with Crippen LogP contribution in [-0.4, -0.2) is 15.0 Å². The van der Waals surface area contributed by atoms with Gasteiger partial charge in [0.05, 0.1) is 0 Å². The molecule has 0 saturated carbocycles. The van der Waals surface area contributed by atoms with Crippen molar-refractivity contribution < 1.29 is 0 Å². The Morgan fingerprint density at radius 3 is 2.03 bits per heavy atom. The molecule has 2 heterocycles. The summed E-state index contributed by atoms with van der Waals surface area (Å²) < 4.78 is 2.59. The third-order valence-corrected chi connectivity index (χ3v) is 8.45. The summed E-state index contributed by atoms with van der Waals surface area (Å²) in [7, 11) is 0. The molecule has 0 N–H and O–H groups in total. The van der Waals surface area contributed by atoms with E-state index in [9.17, 15) is 0 Å². The number of benzene rings is 6. The van der Waals surface area contributed by atoms with E-state index in [4.69, 9.17) is 15.0 Å². The highest BCUT2D eigenvalue weighted by atomic mass is 32.1. The molecule has 2 aromatic heterocycles. The van der Waals surface area contributed by atoms with E-state index in [1.54, 1.807) is 0 Å². The average Bonchev–Trinajstić information content (AvgIpc) is 3.40. The summed E-state index contributed by atoms with van der Waals surface area (Å²) in [6.45, 7) is 0. The number of aromatic nitrogens is 3. The fraction of sp³-hybridized carbons (Fsp3) is 0. The predicted molar refractivity (Wildman–Crippen MR) is 164 cm³/mol. The first-order valence-corrected chi connectivity index (χ1v) is 13.8. The van der Waals surface area contributed by atoms with Gasteiger partial charge >= 0.3 is 0 Å². The van der Waals surface area contributed by atoms with Crippen LogP contribution in [0.15, 0.2) is 127 Å². The van der Waals surface area contributed by atoms with Crippen molar-refractivity contribution >= 4 is 53.1 Å². The Morgan fingerprint density at radius 1 is 0.410 bits per heavy atom. The van der Waals surface area contributed by atoms with Gasteiger partial charge in [-0.15, -0.1) is 11.3 Å². The van der Waals surface area contributed by atoms with Crippen molar-refractivity contribution in [2.75, 3.05) is 0 Å². The van der Waals surface area contributed by atoms with E-state index < -0.39 is 0 Å². The lowest BCUT2D eigenvalue weighted by Crippen LogP contribution is -2.00. The first kappa shape index (κ1) is 22.1. The van der Waals surface area contributed by atoms with Crippen LogP contribution in [-0.2, 0) is 0 Å². The smallest absolute Gasteiger partial charge is 0.164 e. The Kier molecular flexibility index (Phi) is 5.00. The van der Waals surface area contributed by atoms with E-state index in [0.29, 0.717) is 17.5 Å². The number of hydrogen-bond donors (Lipinski definition) is 0. The summed E-state index contributed by atoms with van der Waals surface area (Å²) >= 11 is 1.84. The molecule has 0 bridgehead atoms. The maximum atomic E-state index is 5.07. The molecule has 6 aromatic carbocycles. The Hall–Kier alpha value is -4.93. The molecular weight excluding hydrogens is 494 g/mol. The molecule has 0 atom stereocenters. The standard InChI is InChI=1S/C35H21N3S/c1-2-10-23(11-3-1)33-36-34(25-18-17-22-9-4-5-12-24(22)21-25)38-35(37-33)28-15-8-14-27-26(28)19-20-31-32(27)29-13-6-7-16-30(29)39-31/h1-21H. The third kappa shape index (κ3) is 3.69. The van der Waals surface area contributed by atoms with Crippen molar-refractivity contribution in [1.82, 2.24) is 15.0 Å². The van der Waals surface area contributed by atoms with Gasteiger partial charge in [0.2, 0.25) is 0 Å². The van der Waals surface area contributed by atoms with Crippen LogP contribution in [0.3, 0.4) is 0 Å². The Balaban J connectivity index is 1.40. The second-order valence-corrected chi connectivity index (χ2v) is 10.8. The number of nitrogens with zero attached hydrogens (tertiary/aromatic N) is 3. The van der Waals surface area contributed by atoms with Crippen LogP contribution in [0.1, 0.15) is 0 Å². The van der Waals surface area contributed by atoms with Crippen LogP contribution in [0.4, 0.5) is 0 Å². The van der Waals surface area contributed by atoms with Crippen molar-refractivity contribution in [3.63, 3.8) is 0 Å². The summed E-state index contributed by atoms with van der Waals surface area (Å²) in [4.78, 5) is 15.0. The normalized spacial score (nSPS) is 11.6. The number of thiophene rings is 1. The van der Waals surface area contributed by atoms with Crippen molar-refractivity contribution in [1.29, 1.82) is 0 Å². The lowest BCUT2D eigenvalue weighted by molar-refractivity contribution is 1.08. The number of rotatable bonds is 3. The van der Waals surface area contributed by atoms with Crippen molar-refractivity contribution in [3.8, 4) is 34.2 Å². The van der Waals surface area contributed by atoms with Crippen molar-refractivity contribution in [3.05, 3.63) is 127 Å². The van der Waals surface area contributed by atoms with Crippen LogP contribution in [0.2, 0.25) is 0 Å². The molecule has 0 saturated heterocycles.